The lowest BCUT2D eigenvalue weighted by molar-refractivity contribution is 0.167. The standard InChI is InChI=1S/C23H23N3O3/c27-23(24-18-8-9-21-22(16-18)29-14-13-28-21)26-12-11-25-10-4-7-19(25)20(26)15-17-5-2-1-3-6-17/h1-10,16,20H,11-15H2,(H,24,27). The van der Waals surface area contributed by atoms with Gasteiger partial charge in [0.25, 0.3) is 0 Å². The molecule has 1 atom stereocenters. The van der Waals surface area contributed by atoms with Crippen LogP contribution in [0.5, 0.6) is 11.5 Å². The number of benzene rings is 2. The second-order valence-corrected chi connectivity index (χ2v) is 7.31. The Labute approximate surface area is 169 Å². The van der Waals surface area contributed by atoms with Crippen LogP contribution in [0, 0.1) is 0 Å². The molecule has 1 unspecified atom stereocenters. The van der Waals surface area contributed by atoms with Crippen molar-refractivity contribution in [2.24, 2.45) is 0 Å². The fraction of sp³-hybridized carbons (Fsp3) is 0.261. The summed E-state index contributed by atoms with van der Waals surface area (Å²) in [6.45, 7) is 2.53. The van der Waals surface area contributed by atoms with E-state index in [2.05, 4.69) is 40.3 Å². The van der Waals surface area contributed by atoms with Crippen molar-refractivity contribution in [2.75, 3.05) is 25.1 Å². The third-order valence-corrected chi connectivity index (χ3v) is 5.49. The number of hydrogen-bond donors (Lipinski definition) is 1. The molecule has 0 aliphatic carbocycles. The van der Waals surface area contributed by atoms with Crippen LogP contribution in [0.25, 0.3) is 0 Å². The zero-order valence-electron chi connectivity index (χ0n) is 16.1. The topological polar surface area (TPSA) is 55.7 Å². The first kappa shape index (κ1) is 17.7. The van der Waals surface area contributed by atoms with Crippen molar-refractivity contribution in [3.05, 3.63) is 78.1 Å². The summed E-state index contributed by atoms with van der Waals surface area (Å²) in [5.41, 5.74) is 3.08. The van der Waals surface area contributed by atoms with Gasteiger partial charge in [-0.25, -0.2) is 4.79 Å². The van der Waals surface area contributed by atoms with Crippen LogP contribution in [0.3, 0.4) is 0 Å². The van der Waals surface area contributed by atoms with Gasteiger partial charge in [0, 0.05) is 36.7 Å². The number of urea groups is 1. The van der Waals surface area contributed by atoms with E-state index in [1.165, 1.54) is 5.56 Å². The van der Waals surface area contributed by atoms with Crippen LogP contribution in [0.4, 0.5) is 10.5 Å². The number of anilines is 1. The van der Waals surface area contributed by atoms with E-state index in [1.54, 1.807) is 0 Å². The molecule has 1 aromatic heterocycles. The molecule has 2 aliphatic rings. The summed E-state index contributed by atoms with van der Waals surface area (Å²) in [5.74, 6) is 1.38. The Balaban J connectivity index is 1.38. The van der Waals surface area contributed by atoms with Gasteiger partial charge in [0.2, 0.25) is 0 Å². The molecule has 3 heterocycles. The van der Waals surface area contributed by atoms with Crippen LogP contribution in [-0.2, 0) is 13.0 Å². The number of nitrogens with zero attached hydrogens (tertiary/aromatic N) is 2. The minimum absolute atomic E-state index is 0.0154. The molecule has 5 rings (SSSR count). The third kappa shape index (κ3) is 3.53. The lowest BCUT2D eigenvalue weighted by Gasteiger charge is -2.37. The number of hydrogen-bond acceptors (Lipinski definition) is 3. The first-order valence-corrected chi connectivity index (χ1v) is 9.94. The Morgan fingerprint density at radius 2 is 1.79 bits per heavy atom. The van der Waals surface area contributed by atoms with Gasteiger partial charge in [-0.15, -0.1) is 0 Å². The second-order valence-electron chi connectivity index (χ2n) is 7.31. The van der Waals surface area contributed by atoms with Crippen molar-refractivity contribution >= 4 is 11.7 Å². The summed E-state index contributed by atoms with van der Waals surface area (Å²) in [7, 11) is 0. The molecular weight excluding hydrogens is 366 g/mol. The van der Waals surface area contributed by atoms with Crippen LogP contribution >= 0.6 is 0 Å². The molecule has 0 bridgehead atoms. The Hall–Kier alpha value is -3.41. The molecule has 2 aliphatic heterocycles. The van der Waals surface area contributed by atoms with Crippen molar-refractivity contribution in [3.8, 4) is 11.5 Å². The first-order valence-electron chi connectivity index (χ1n) is 9.94. The van der Waals surface area contributed by atoms with E-state index in [0.717, 1.165) is 18.7 Å². The van der Waals surface area contributed by atoms with Crippen LogP contribution in [0.15, 0.2) is 66.9 Å². The van der Waals surface area contributed by atoms with E-state index in [-0.39, 0.29) is 12.1 Å². The summed E-state index contributed by atoms with van der Waals surface area (Å²) < 4.78 is 13.4. The molecule has 6 nitrogen and oxygen atoms in total. The largest absolute Gasteiger partial charge is 0.486 e. The fourth-order valence-electron chi connectivity index (χ4n) is 4.08. The van der Waals surface area contributed by atoms with Crippen LogP contribution in [0.2, 0.25) is 0 Å². The second kappa shape index (κ2) is 7.54. The van der Waals surface area contributed by atoms with E-state index in [1.807, 2.05) is 41.3 Å². The molecule has 3 aromatic rings. The molecule has 0 fully saturated rings. The highest BCUT2D eigenvalue weighted by Gasteiger charge is 2.31. The number of carbonyl (C=O) groups excluding carboxylic acids is 1. The Morgan fingerprint density at radius 3 is 2.66 bits per heavy atom. The van der Waals surface area contributed by atoms with Gasteiger partial charge in [-0.2, -0.15) is 0 Å². The normalized spacial score (nSPS) is 17.5. The molecule has 0 radical (unpaired) electrons. The van der Waals surface area contributed by atoms with Gasteiger partial charge in [0.05, 0.1) is 6.04 Å². The highest BCUT2D eigenvalue weighted by Crippen LogP contribution is 2.34. The zero-order chi connectivity index (χ0) is 19.6. The van der Waals surface area contributed by atoms with E-state index in [0.29, 0.717) is 36.9 Å². The SMILES string of the molecule is O=C(Nc1ccc2c(c1)OCCO2)N1CCn2cccc2C1Cc1ccccc1. The average molecular weight is 389 g/mol. The quantitative estimate of drug-likeness (QED) is 0.734. The Bertz CT molecular complexity index is 1020. The van der Waals surface area contributed by atoms with Gasteiger partial charge in [-0.05, 0) is 36.2 Å². The van der Waals surface area contributed by atoms with Crippen molar-refractivity contribution in [1.29, 1.82) is 0 Å². The summed E-state index contributed by atoms with van der Waals surface area (Å²) in [4.78, 5) is 15.1. The van der Waals surface area contributed by atoms with Crippen molar-refractivity contribution < 1.29 is 14.3 Å². The molecule has 1 N–H and O–H groups in total. The average Bonchev–Trinajstić information content (AvgIpc) is 3.24. The van der Waals surface area contributed by atoms with Gasteiger partial charge in [0.15, 0.2) is 11.5 Å². The van der Waals surface area contributed by atoms with Gasteiger partial charge in [-0.1, -0.05) is 30.3 Å². The van der Waals surface area contributed by atoms with Gasteiger partial charge in [0.1, 0.15) is 13.2 Å². The summed E-state index contributed by atoms with van der Waals surface area (Å²) in [5, 5.41) is 3.04. The zero-order valence-corrected chi connectivity index (χ0v) is 16.1. The smallest absolute Gasteiger partial charge is 0.322 e. The summed E-state index contributed by atoms with van der Waals surface area (Å²) in [6.07, 6.45) is 2.86. The number of nitrogens with one attached hydrogen (secondary N) is 1. The fourth-order valence-corrected chi connectivity index (χ4v) is 4.08. The maximum Gasteiger partial charge on any atom is 0.322 e. The van der Waals surface area contributed by atoms with Gasteiger partial charge >= 0.3 is 6.03 Å². The first-order chi connectivity index (χ1) is 14.3. The molecule has 2 amide bonds. The van der Waals surface area contributed by atoms with E-state index in [4.69, 9.17) is 9.47 Å². The molecule has 0 saturated heterocycles. The number of carbonyl (C=O) groups is 1. The maximum atomic E-state index is 13.2. The number of rotatable bonds is 3. The molecule has 29 heavy (non-hydrogen) atoms. The van der Waals surface area contributed by atoms with Gasteiger partial charge in [-0.3, -0.25) is 0 Å². The number of ether oxygens (including phenoxy) is 2. The van der Waals surface area contributed by atoms with Crippen molar-refractivity contribution in [2.45, 2.75) is 19.0 Å². The molecular formula is C23H23N3O3. The predicted molar refractivity (Wildman–Crippen MR) is 110 cm³/mol. The van der Waals surface area contributed by atoms with Crippen LogP contribution < -0.4 is 14.8 Å². The Kier molecular flexibility index (Phi) is 4.60. The Morgan fingerprint density at radius 1 is 0.966 bits per heavy atom. The van der Waals surface area contributed by atoms with Crippen molar-refractivity contribution in [3.63, 3.8) is 0 Å². The van der Waals surface area contributed by atoms with E-state index in [9.17, 15) is 4.79 Å². The molecule has 6 heteroatoms. The highest BCUT2D eigenvalue weighted by atomic mass is 16.6. The molecule has 2 aromatic carbocycles. The minimum atomic E-state index is -0.102. The number of aromatic nitrogens is 1. The molecule has 148 valence electrons. The molecule has 0 saturated carbocycles. The summed E-state index contributed by atoms with van der Waals surface area (Å²) >= 11 is 0. The van der Waals surface area contributed by atoms with Crippen molar-refractivity contribution in [1.82, 2.24) is 9.47 Å². The number of amides is 2. The maximum absolute atomic E-state index is 13.2. The van der Waals surface area contributed by atoms with Crippen LogP contribution in [0.1, 0.15) is 17.3 Å². The minimum Gasteiger partial charge on any atom is -0.486 e. The predicted octanol–water partition coefficient (Wildman–Crippen LogP) is 4.09. The monoisotopic (exact) mass is 389 g/mol. The van der Waals surface area contributed by atoms with E-state index < -0.39 is 0 Å². The summed E-state index contributed by atoms with van der Waals surface area (Å²) in [6, 6.07) is 19.9. The van der Waals surface area contributed by atoms with E-state index >= 15 is 0 Å². The molecule has 0 spiro atoms. The number of fused-ring (bicyclic) bond motifs is 2. The lowest BCUT2D eigenvalue weighted by Crippen LogP contribution is -2.44. The highest BCUT2D eigenvalue weighted by molar-refractivity contribution is 5.90. The van der Waals surface area contributed by atoms with Gasteiger partial charge < -0.3 is 24.3 Å². The third-order valence-electron chi connectivity index (χ3n) is 5.49. The lowest BCUT2D eigenvalue weighted by atomic mass is 10.0. The van der Waals surface area contributed by atoms with Crippen LogP contribution in [-0.4, -0.2) is 35.3 Å².